The third-order valence-electron chi connectivity index (χ3n) is 7.02. The van der Waals surface area contributed by atoms with Crippen LogP contribution in [-0.2, 0) is 9.53 Å². The SMILES string of the molecule is CCOC(=O)C1=C(c2ccccc2)N=c2s/c(=C/c3ccccc3O)c(=O)n2[C@H]1c1c(OC)ccc2ccccc12. The van der Waals surface area contributed by atoms with Gasteiger partial charge in [0.15, 0.2) is 4.80 Å². The molecule has 0 amide bonds. The van der Waals surface area contributed by atoms with Crippen molar-refractivity contribution in [1.82, 2.24) is 4.57 Å². The third kappa shape index (κ3) is 4.62. The average Bonchev–Trinajstić information content (AvgIpc) is 3.31. The number of hydrogen-bond acceptors (Lipinski definition) is 7. The van der Waals surface area contributed by atoms with Crippen LogP contribution in [-0.4, -0.2) is 29.4 Å². The van der Waals surface area contributed by atoms with Crippen LogP contribution in [0.1, 0.15) is 29.7 Å². The van der Waals surface area contributed by atoms with E-state index in [4.69, 9.17) is 14.5 Å². The van der Waals surface area contributed by atoms with Crippen LogP contribution >= 0.6 is 11.3 Å². The molecule has 0 bridgehead atoms. The Labute approximate surface area is 239 Å². The summed E-state index contributed by atoms with van der Waals surface area (Å²) in [6, 6.07) is 26.9. The maximum absolute atomic E-state index is 14.2. The first kappa shape index (κ1) is 26.3. The normalized spacial score (nSPS) is 15.0. The Morgan fingerprint density at radius 3 is 2.49 bits per heavy atom. The first-order valence-corrected chi connectivity index (χ1v) is 14.0. The van der Waals surface area contributed by atoms with Gasteiger partial charge in [-0.25, -0.2) is 9.79 Å². The summed E-state index contributed by atoms with van der Waals surface area (Å²) in [5, 5.41) is 12.2. The van der Waals surface area contributed by atoms with Gasteiger partial charge in [-0.05, 0) is 35.9 Å². The Hall–Kier alpha value is -4.95. The fraction of sp³-hybridized carbons (Fsp3) is 0.121. The van der Waals surface area contributed by atoms with E-state index in [1.807, 2.05) is 66.7 Å². The van der Waals surface area contributed by atoms with Gasteiger partial charge in [0.25, 0.3) is 5.56 Å². The van der Waals surface area contributed by atoms with Crippen LogP contribution in [0.5, 0.6) is 11.5 Å². The monoisotopic (exact) mass is 562 g/mol. The molecule has 1 atom stereocenters. The number of carbonyl (C=O) groups is 1. The number of para-hydroxylation sites is 1. The molecule has 0 fully saturated rings. The van der Waals surface area contributed by atoms with Gasteiger partial charge in [0, 0.05) is 16.7 Å². The summed E-state index contributed by atoms with van der Waals surface area (Å²) < 4.78 is 13.4. The highest BCUT2D eigenvalue weighted by molar-refractivity contribution is 7.07. The largest absolute Gasteiger partial charge is 0.507 e. The van der Waals surface area contributed by atoms with Crippen LogP contribution in [0.15, 0.2) is 106 Å². The number of nitrogens with zero attached hydrogens (tertiary/aromatic N) is 2. The lowest BCUT2D eigenvalue weighted by Crippen LogP contribution is -2.40. The molecule has 4 aromatic carbocycles. The standard InChI is InChI=1S/C33H26N2O5S/c1-3-40-32(38)28-29(21-12-5-4-6-13-21)34-33-35(31(37)26(41-33)19-22-14-8-10-16-24(22)36)30(28)27-23-15-9-7-11-20(23)17-18-25(27)39-2/h4-19,30,36H,3H2,1-2H3/b26-19+/t30-/m0/s1. The maximum Gasteiger partial charge on any atom is 0.338 e. The second kappa shape index (κ2) is 10.9. The number of esters is 1. The van der Waals surface area contributed by atoms with Gasteiger partial charge in [-0.15, -0.1) is 0 Å². The van der Waals surface area contributed by atoms with E-state index in [0.717, 1.165) is 16.3 Å². The number of methoxy groups -OCH3 is 1. The van der Waals surface area contributed by atoms with E-state index in [2.05, 4.69) is 0 Å². The second-order valence-corrected chi connectivity index (χ2v) is 10.4. The topological polar surface area (TPSA) is 90.1 Å². The lowest BCUT2D eigenvalue weighted by molar-refractivity contribution is -0.138. The number of aromatic hydroxyl groups is 1. The van der Waals surface area contributed by atoms with E-state index in [0.29, 0.717) is 31.9 Å². The molecule has 5 aromatic rings. The number of aromatic nitrogens is 1. The second-order valence-electron chi connectivity index (χ2n) is 9.39. The lowest BCUT2D eigenvalue weighted by Gasteiger charge is -2.28. The summed E-state index contributed by atoms with van der Waals surface area (Å²) in [6.07, 6.45) is 1.65. The first-order valence-electron chi connectivity index (χ1n) is 13.1. The van der Waals surface area contributed by atoms with E-state index in [9.17, 15) is 14.7 Å². The number of thiazole rings is 1. The fourth-order valence-electron chi connectivity index (χ4n) is 5.20. The number of phenols is 1. The van der Waals surface area contributed by atoms with Crippen LogP contribution in [0, 0.1) is 0 Å². The number of hydrogen-bond donors (Lipinski definition) is 1. The van der Waals surface area contributed by atoms with Gasteiger partial charge in [0.05, 0.1) is 29.5 Å². The first-order chi connectivity index (χ1) is 20.0. The van der Waals surface area contributed by atoms with Gasteiger partial charge in [-0.2, -0.15) is 0 Å². The van der Waals surface area contributed by atoms with Crippen LogP contribution in [0.3, 0.4) is 0 Å². The molecule has 7 nitrogen and oxygen atoms in total. The summed E-state index contributed by atoms with van der Waals surface area (Å²) in [5.41, 5.74) is 2.22. The van der Waals surface area contributed by atoms with E-state index >= 15 is 0 Å². The van der Waals surface area contributed by atoms with Crippen molar-refractivity contribution in [3.8, 4) is 11.5 Å². The lowest BCUT2D eigenvalue weighted by atomic mass is 9.89. The van der Waals surface area contributed by atoms with E-state index < -0.39 is 12.0 Å². The van der Waals surface area contributed by atoms with Crippen LogP contribution in [0.4, 0.5) is 0 Å². The molecule has 0 radical (unpaired) electrons. The minimum absolute atomic E-state index is 0.0581. The highest BCUT2D eigenvalue weighted by Crippen LogP contribution is 2.42. The van der Waals surface area contributed by atoms with E-state index in [1.54, 1.807) is 48.9 Å². The van der Waals surface area contributed by atoms with Gasteiger partial charge in [-0.3, -0.25) is 9.36 Å². The van der Waals surface area contributed by atoms with Crippen molar-refractivity contribution in [2.45, 2.75) is 13.0 Å². The smallest absolute Gasteiger partial charge is 0.338 e. The molecule has 0 spiro atoms. The summed E-state index contributed by atoms with van der Waals surface area (Å²) in [5.74, 6) is 0.0213. The van der Waals surface area contributed by atoms with Crippen molar-refractivity contribution in [2.24, 2.45) is 4.99 Å². The minimum Gasteiger partial charge on any atom is -0.507 e. The molecule has 204 valence electrons. The Morgan fingerprint density at radius 2 is 1.73 bits per heavy atom. The summed E-state index contributed by atoms with van der Waals surface area (Å²) >= 11 is 1.20. The Bertz CT molecular complexity index is 2010. The number of phenolic OH excluding ortho intramolecular Hbond substituents is 1. The van der Waals surface area contributed by atoms with Gasteiger partial charge in [0.1, 0.15) is 17.5 Å². The summed E-state index contributed by atoms with van der Waals surface area (Å²) in [6.45, 7) is 1.90. The van der Waals surface area contributed by atoms with Crippen LogP contribution in [0.25, 0.3) is 22.5 Å². The predicted octanol–water partition coefficient (Wildman–Crippen LogP) is 4.80. The van der Waals surface area contributed by atoms with Crippen molar-refractivity contribution in [2.75, 3.05) is 13.7 Å². The van der Waals surface area contributed by atoms with Crippen LogP contribution in [0.2, 0.25) is 0 Å². The van der Waals surface area contributed by atoms with Crippen LogP contribution < -0.4 is 19.6 Å². The Balaban J connectivity index is 1.76. The zero-order valence-corrected chi connectivity index (χ0v) is 23.2. The van der Waals surface area contributed by atoms with Crippen molar-refractivity contribution >= 4 is 39.9 Å². The number of fused-ring (bicyclic) bond motifs is 2. The number of benzene rings is 4. The third-order valence-corrected chi connectivity index (χ3v) is 8.00. The molecule has 41 heavy (non-hydrogen) atoms. The molecular weight excluding hydrogens is 536 g/mol. The molecule has 6 rings (SSSR count). The Morgan fingerprint density at radius 1 is 1.00 bits per heavy atom. The molecule has 8 heteroatoms. The molecule has 1 aromatic heterocycles. The average molecular weight is 563 g/mol. The quantitative estimate of drug-likeness (QED) is 0.300. The number of rotatable bonds is 6. The zero-order chi connectivity index (χ0) is 28.5. The van der Waals surface area contributed by atoms with Gasteiger partial charge < -0.3 is 14.6 Å². The fourth-order valence-corrected chi connectivity index (χ4v) is 6.19. The predicted molar refractivity (Wildman–Crippen MR) is 160 cm³/mol. The number of carbonyl (C=O) groups excluding carboxylic acids is 1. The number of ether oxygens (including phenoxy) is 2. The minimum atomic E-state index is -0.895. The van der Waals surface area contributed by atoms with E-state index in [-0.39, 0.29) is 23.5 Å². The van der Waals surface area contributed by atoms with Gasteiger partial charge in [0.2, 0.25) is 0 Å². The summed E-state index contributed by atoms with van der Waals surface area (Å²) in [4.78, 5) is 33.3. The Kier molecular flexibility index (Phi) is 6.99. The molecule has 1 N–H and O–H groups in total. The van der Waals surface area contributed by atoms with E-state index in [1.165, 1.54) is 11.3 Å². The molecule has 1 aliphatic rings. The van der Waals surface area contributed by atoms with Crippen molar-refractivity contribution in [3.63, 3.8) is 0 Å². The molecule has 2 heterocycles. The molecular formula is C33H26N2O5S. The van der Waals surface area contributed by atoms with Crippen molar-refractivity contribution in [1.29, 1.82) is 0 Å². The summed E-state index contributed by atoms with van der Waals surface area (Å²) in [7, 11) is 1.57. The van der Waals surface area contributed by atoms with Crippen molar-refractivity contribution in [3.05, 3.63) is 133 Å². The zero-order valence-electron chi connectivity index (χ0n) is 22.4. The van der Waals surface area contributed by atoms with Gasteiger partial charge in [-0.1, -0.05) is 90.2 Å². The highest BCUT2D eigenvalue weighted by Gasteiger charge is 2.37. The van der Waals surface area contributed by atoms with Crippen molar-refractivity contribution < 1.29 is 19.4 Å². The molecule has 1 aliphatic heterocycles. The van der Waals surface area contributed by atoms with Gasteiger partial charge >= 0.3 is 5.97 Å². The molecule has 0 saturated heterocycles. The molecule has 0 saturated carbocycles. The highest BCUT2D eigenvalue weighted by atomic mass is 32.1. The maximum atomic E-state index is 14.2. The molecule has 0 aliphatic carbocycles. The molecule has 0 unspecified atom stereocenters.